The summed E-state index contributed by atoms with van der Waals surface area (Å²) in [6, 6.07) is 6.06. The average molecular weight is 374 g/mol. The van der Waals surface area contributed by atoms with Crippen molar-refractivity contribution in [3.8, 4) is 0 Å². The van der Waals surface area contributed by atoms with Crippen LogP contribution >= 0.6 is 0 Å². The molecule has 1 aromatic carbocycles. The fourth-order valence-corrected chi connectivity index (χ4v) is 2.23. The van der Waals surface area contributed by atoms with Gasteiger partial charge in [0, 0.05) is 5.54 Å². The minimum Gasteiger partial charge on any atom is -0.451 e. The number of rotatable bonds is 4. The minimum absolute atomic E-state index is 0.373. The third-order valence-corrected chi connectivity index (χ3v) is 3.43. The summed E-state index contributed by atoms with van der Waals surface area (Å²) < 4.78 is 6.09. The Kier molecular flexibility index (Phi) is 5.94. The second-order valence-electron chi connectivity index (χ2n) is 7.02. The fraction of sp³-hybridized carbons (Fsp3) is 0.389. The maximum absolute atomic E-state index is 12.3. The lowest BCUT2D eigenvalue weighted by atomic mass is 10.1. The molecule has 2 N–H and O–H groups in total. The first-order valence-electron chi connectivity index (χ1n) is 8.33. The van der Waals surface area contributed by atoms with E-state index in [2.05, 4.69) is 15.6 Å². The van der Waals surface area contributed by atoms with Crippen molar-refractivity contribution in [1.29, 1.82) is 0 Å². The predicted molar refractivity (Wildman–Crippen MR) is 98.0 cm³/mol. The van der Waals surface area contributed by atoms with Crippen LogP contribution in [0.3, 0.4) is 0 Å². The first kappa shape index (κ1) is 20.1. The normalized spacial score (nSPS) is 12.3. The van der Waals surface area contributed by atoms with Gasteiger partial charge in [0.25, 0.3) is 11.5 Å². The lowest BCUT2D eigenvalue weighted by Crippen LogP contribution is -2.50. The van der Waals surface area contributed by atoms with Gasteiger partial charge in [-0.1, -0.05) is 12.1 Å². The Morgan fingerprint density at radius 3 is 2.56 bits per heavy atom. The number of aromatic nitrogens is 2. The summed E-state index contributed by atoms with van der Waals surface area (Å²) in [4.78, 5) is 52.1. The number of esters is 1. The standard InChI is InChI=1S/C18H22N4O5/c1-11(15(24)20-17(26)21-18(2,3)4)27-14(23)9-22-10-19-13-8-6-5-7-12(13)16(22)25/h5-8,10-11H,9H2,1-4H3,(H2,20,21,24,26)/t11-/m0/s1. The van der Waals surface area contributed by atoms with Gasteiger partial charge in [0.05, 0.1) is 17.2 Å². The molecule has 2 aromatic rings. The highest BCUT2D eigenvalue weighted by molar-refractivity contribution is 5.97. The topological polar surface area (TPSA) is 119 Å². The minimum atomic E-state index is -1.20. The highest BCUT2D eigenvalue weighted by atomic mass is 16.5. The number of fused-ring (bicyclic) bond motifs is 1. The molecule has 0 radical (unpaired) electrons. The quantitative estimate of drug-likeness (QED) is 0.769. The summed E-state index contributed by atoms with van der Waals surface area (Å²) in [5.41, 5.74) is -0.391. The second-order valence-corrected chi connectivity index (χ2v) is 7.02. The molecule has 0 bridgehead atoms. The number of hydrogen-bond acceptors (Lipinski definition) is 6. The SMILES string of the molecule is C[C@H](OC(=O)Cn1cnc2ccccc2c1=O)C(=O)NC(=O)NC(C)(C)C. The zero-order chi connectivity index (χ0) is 20.2. The van der Waals surface area contributed by atoms with Gasteiger partial charge in [-0.25, -0.2) is 9.78 Å². The van der Waals surface area contributed by atoms with E-state index in [0.717, 1.165) is 4.57 Å². The molecule has 0 aliphatic rings. The third kappa shape index (κ3) is 5.63. The van der Waals surface area contributed by atoms with E-state index in [4.69, 9.17) is 4.74 Å². The molecule has 0 spiro atoms. The van der Waals surface area contributed by atoms with Crippen molar-refractivity contribution >= 4 is 28.8 Å². The summed E-state index contributed by atoms with van der Waals surface area (Å²) >= 11 is 0. The smallest absolute Gasteiger partial charge is 0.326 e. The molecule has 9 heteroatoms. The van der Waals surface area contributed by atoms with Crippen LogP contribution < -0.4 is 16.2 Å². The van der Waals surface area contributed by atoms with Gasteiger partial charge in [-0.2, -0.15) is 0 Å². The van der Waals surface area contributed by atoms with Crippen LogP contribution in [0.4, 0.5) is 4.79 Å². The van der Waals surface area contributed by atoms with Crippen molar-refractivity contribution < 1.29 is 19.1 Å². The molecule has 0 unspecified atom stereocenters. The zero-order valence-electron chi connectivity index (χ0n) is 15.6. The molecule has 0 saturated heterocycles. The van der Waals surface area contributed by atoms with E-state index in [9.17, 15) is 19.2 Å². The number of carbonyl (C=O) groups excluding carboxylic acids is 3. The van der Waals surface area contributed by atoms with Crippen molar-refractivity contribution in [2.75, 3.05) is 0 Å². The molecule has 1 aromatic heterocycles. The van der Waals surface area contributed by atoms with E-state index < -0.39 is 36.1 Å². The third-order valence-electron chi connectivity index (χ3n) is 3.43. The number of benzene rings is 1. The molecule has 2 rings (SSSR count). The van der Waals surface area contributed by atoms with E-state index >= 15 is 0 Å². The fourth-order valence-electron chi connectivity index (χ4n) is 2.23. The van der Waals surface area contributed by atoms with Gasteiger partial charge >= 0.3 is 12.0 Å². The number of amides is 3. The molecule has 1 atom stereocenters. The maximum atomic E-state index is 12.3. The van der Waals surface area contributed by atoms with Gasteiger partial charge in [-0.3, -0.25) is 24.3 Å². The number of nitrogens with zero attached hydrogens (tertiary/aromatic N) is 2. The maximum Gasteiger partial charge on any atom is 0.326 e. The van der Waals surface area contributed by atoms with Crippen LogP contribution in [-0.2, 0) is 20.9 Å². The van der Waals surface area contributed by atoms with E-state index in [1.165, 1.54) is 13.3 Å². The first-order chi connectivity index (χ1) is 12.6. The Bertz CT molecular complexity index is 929. The van der Waals surface area contributed by atoms with E-state index in [-0.39, 0.29) is 5.56 Å². The predicted octanol–water partition coefficient (Wildman–Crippen LogP) is 0.952. The largest absolute Gasteiger partial charge is 0.451 e. The molecule has 27 heavy (non-hydrogen) atoms. The van der Waals surface area contributed by atoms with Crippen LogP contribution in [0.25, 0.3) is 10.9 Å². The Balaban J connectivity index is 1.97. The van der Waals surface area contributed by atoms with E-state index in [1.807, 2.05) is 0 Å². The molecule has 144 valence electrons. The Labute approximate surface area is 155 Å². The summed E-state index contributed by atoms with van der Waals surface area (Å²) in [5.74, 6) is -1.57. The summed E-state index contributed by atoms with van der Waals surface area (Å²) in [6.07, 6.45) is 0.0420. The Hall–Kier alpha value is -3.23. The van der Waals surface area contributed by atoms with Crippen LogP contribution in [0.1, 0.15) is 27.7 Å². The highest BCUT2D eigenvalue weighted by Gasteiger charge is 2.22. The van der Waals surface area contributed by atoms with Crippen LogP contribution in [0.2, 0.25) is 0 Å². The first-order valence-corrected chi connectivity index (χ1v) is 8.33. The lowest BCUT2D eigenvalue weighted by Gasteiger charge is -2.21. The van der Waals surface area contributed by atoms with Crippen molar-refractivity contribution in [2.45, 2.75) is 45.9 Å². The molecule has 1 heterocycles. The van der Waals surface area contributed by atoms with Crippen LogP contribution in [0, 0.1) is 0 Å². The van der Waals surface area contributed by atoms with Gasteiger partial charge in [-0.05, 0) is 39.8 Å². The molecule has 9 nitrogen and oxygen atoms in total. The number of hydrogen-bond donors (Lipinski definition) is 2. The van der Waals surface area contributed by atoms with Crippen LogP contribution in [-0.4, -0.2) is 39.1 Å². The van der Waals surface area contributed by atoms with Gasteiger partial charge < -0.3 is 10.1 Å². The average Bonchev–Trinajstić information content (AvgIpc) is 2.55. The van der Waals surface area contributed by atoms with E-state index in [1.54, 1.807) is 45.0 Å². The van der Waals surface area contributed by atoms with Crippen molar-refractivity contribution in [3.63, 3.8) is 0 Å². The Morgan fingerprint density at radius 2 is 1.89 bits per heavy atom. The van der Waals surface area contributed by atoms with Gasteiger partial charge in [0.15, 0.2) is 6.10 Å². The number of para-hydroxylation sites is 1. The molecule has 0 aliphatic heterocycles. The second kappa shape index (κ2) is 7.98. The highest BCUT2D eigenvalue weighted by Crippen LogP contribution is 2.05. The van der Waals surface area contributed by atoms with Crippen LogP contribution in [0.15, 0.2) is 35.4 Å². The van der Waals surface area contributed by atoms with Crippen molar-refractivity contribution in [3.05, 3.63) is 40.9 Å². The number of imide groups is 1. The van der Waals surface area contributed by atoms with Crippen LogP contribution in [0.5, 0.6) is 0 Å². The molecule has 3 amide bonds. The van der Waals surface area contributed by atoms with Gasteiger partial charge in [0.1, 0.15) is 6.54 Å². The number of carbonyl (C=O) groups is 3. The number of urea groups is 1. The summed E-state index contributed by atoms with van der Waals surface area (Å²) in [7, 11) is 0. The molecular formula is C18H22N4O5. The molecule has 0 saturated carbocycles. The number of ether oxygens (including phenoxy) is 1. The lowest BCUT2D eigenvalue weighted by molar-refractivity contribution is -0.155. The molecule has 0 aliphatic carbocycles. The van der Waals surface area contributed by atoms with Gasteiger partial charge in [-0.15, -0.1) is 0 Å². The van der Waals surface area contributed by atoms with Gasteiger partial charge in [0.2, 0.25) is 0 Å². The molecular weight excluding hydrogens is 352 g/mol. The number of nitrogens with one attached hydrogen (secondary N) is 2. The Morgan fingerprint density at radius 1 is 1.22 bits per heavy atom. The van der Waals surface area contributed by atoms with Crippen molar-refractivity contribution in [2.24, 2.45) is 0 Å². The van der Waals surface area contributed by atoms with E-state index in [0.29, 0.717) is 10.9 Å². The molecule has 0 fully saturated rings. The summed E-state index contributed by atoms with van der Waals surface area (Å²) in [6.45, 7) is 6.21. The summed E-state index contributed by atoms with van der Waals surface area (Å²) in [5, 5.41) is 5.02. The zero-order valence-corrected chi connectivity index (χ0v) is 15.6. The van der Waals surface area contributed by atoms with Crippen molar-refractivity contribution in [1.82, 2.24) is 20.2 Å². The monoisotopic (exact) mass is 374 g/mol.